The first kappa shape index (κ1) is 20.8. The van der Waals surface area contributed by atoms with Crippen molar-refractivity contribution in [3.05, 3.63) is 77.4 Å². The van der Waals surface area contributed by atoms with Gasteiger partial charge >= 0.3 is 0 Å². The summed E-state index contributed by atoms with van der Waals surface area (Å²) in [6.45, 7) is 2.24. The fourth-order valence-corrected chi connectivity index (χ4v) is 4.21. The van der Waals surface area contributed by atoms with Crippen LogP contribution in [-0.4, -0.2) is 18.5 Å². The third-order valence-corrected chi connectivity index (χ3v) is 6.26. The second kappa shape index (κ2) is 8.14. The fraction of sp³-hybridized carbons (Fsp3) is 0.200. The third kappa shape index (κ3) is 3.85. The molecule has 8 heteroatoms. The minimum atomic E-state index is -0.536. The lowest BCUT2D eigenvalue weighted by molar-refractivity contribution is -0.118. The molecule has 0 atom stereocenters. The summed E-state index contributed by atoms with van der Waals surface area (Å²) in [4.78, 5) is 13.3. The molecule has 0 radical (unpaired) electrons. The molecular weight excluding hydrogens is 418 g/mol. The van der Waals surface area contributed by atoms with Crippen LogP contribution >= 0.6 is 0 Å². The highest BCUT2D eigenvalue weighted by atomic mass is 16.7. The number of anilines is 1. The van der Waals surface area contributed by atoms with E-state index in [9.17, 15) is 4.79 Å². The Morgan fingerprint density at radius 1 is 1.03 bits per heavy atom. The van der Waals surface area contributed by atoms with Gasteiger partial charge in [-0.1, -0.05) is 30.3 Å². The van der Waals surface area contributed by atoms with Gasteiger partial charge in [0, 0.05) is 11.3 Å². The van der Waals surface area contributed by atoms with E-state index in [1.807, 2.05) is 67.6 Å². The van der Waals surface area contributed by atoms with Crippen molar-refractivity contribution in [1.29, 1.82) is 0 Å². The highest BCUT2D eigenvalue weighted by Crippen LogP contribution is 2.51. The average molecular weight is 444 g/mol. The van der Waals surface area contributed by atoms with Crippen molar-refractivity contribution in [3.63, 3.8) is 0 Å². The molecule has 33 heavy (non-hydrogen) atoms. The number of rotatable bonds is 6. The van der Waals surface area contributed by atoms with E-state index in [1.54, 1.807) is 0 Å². The molecule has 2 aliphatic rings. The quantitative estimate of drug-likeness (QED) is 0.201. The SMILES string of the molecule is Cc1ccc(NC(=O)C2(c3ccc4c(c3)OCO4)CC2)cc1-c1cccc(/C(N)=N/NN)c1. The van der Waals surface area contributed by atoms with Crippen LogP contribution in [0.2, 0.25) is 0 Å². The van der Waals surface area contributed by atoms with Gasteiger partial charge in [0.25, 0.3) is 0 Å². The van der Waals surface area contributed by atoms with Crippen molar-refractivity contribution >= 4 is 17.4 Å². The van der Waals surface area contributed by atoms with Gasteiger partial charge in [-0.2, -0.15) is 0 Å². The predicted octanol–water partition coefficient (Wildman–Crippen LogP) is 3.14. The number of hydrogen-bond donors (Lipinski definition) is 4. The van der Waals surface area contributed by atoms with Crippen LogP contribution in [0.3, 0.4) is 0 Å². The van der Waals surface area contributed by atoms with E-state index in [1.165, 1.54) is 0 Å². The van der Waals surface area contributed by atoms with E-state index >= 15 is 0 Å². The van der Waals surface area contributed by atoms with E-state index in [0.29, 0.717) is 17.3 Å². The maximum atomic E-state index is 13.3. The molecule has 0 spiro atoms. The number of nitrogens with zero attached hydrogens (tertiary/aromatic N) is 1. The molecule has 1 saturated carbocycles. The second-order valence-corrected chi connectivity index (χ2v) is 8.34. The minimum absolute atomic E-state index is 0.0182. The van der Waals surface area contributed by atoms with Crippen LogP contribution in [-0.2, 0) is 10.2 Å². The largest absolute Gasteiger partial charge is 0.454 e. The molecule has 0 aromatic heterocycles. The summed E-state index contributed by atoms with van der Waals surface area (Å²) in [6, 6.07) is 19.4. The number of hydrogen-bond acceptors (Lipinski definition) is 6. The molecule has 0 bridgehead atoms. The number of ether oxygens (including phenoxy) is 2. The van der Waals surface area contributed by atoms with Crippen LogP contribution < -0.4 is 31.9 Å². The standard InChI is InChI=1S/C25H25N5O3/c1-15-5-7-19(13-20(15)16-3-2-4-17(11-16)23(26)29-30-27)28-24(31)25(9-10-25)18-6-8-21-22(12-18)33-14-32-21/h2-8,11-13,30H,9-10,14,27H2,1H3,(H2,26,29)(H,28,31). The number of hydrazine groups is 1. The Kier molecular flexibility index (Phi) is 5.14. The molecule has 1 aliphatic carbocycles. The molecule has 8 nitrogen and oxygen atoms in total. The Labute approximate surface area is 191 Å². The Hall–Kier alpha value is -4.04. The van der Waals surface area contributed by atoms with Crippen LogP contribution in [0.25, 0.3) is 11.1 Å². The lowest BCUT2D eigenvalue weighted by atomic mass is 9.94. The first-order valence-corrected chi connectivity index (χ1v) is 10.7. The van der Waals surface area contributed by atoms with Crippen molar-refractivity contribution in [2.75, 3.05) is 12.1 Å². The van der Waals surface area contributed by atoms with Gasteiger partial charge in [-0.15, -0.1) is 5.10 Å². The van der Waals surface area contributed by atoms with Gasteiger partial charge in [0.2, 0.25) is 12.7 Å². The number of aryl methyl sites for hydroxylation is 1. The topological polar surface area (TPSA) is 124 Å². The number of nitrogens with two attached hydrogens (primary N) is 2. The van der Waals surface area contributed by atoms with Crippen LogP contribution in [0.1, 0.15) is 29.5 Å². The molecule has 0 unspecified atom stereocenters. The number of carbonyl (C=O) groups is 1. The fourth-order valence-electron chi connectivity index (χ4n) is 4.21. The van der Waals surface area contributed by atoms with Gasteiger partial charge in [0.1, 0.15) is 0 Å². The van der Waals surface area contributed by atoms with E-state index < -0.39 is 5.41 Å². The van der Waals surface area contributed by atoms with Gasteiger partial charge in [0.15, 0.2) is 17.3 Å². The lowest BCUT2D eigenvalue weighted by Gasteiger charge is -2.17. The molecule has 168 valence electrons. The van der Waals surface area contributed by atoms with E-state index in [0.717, 1.165) is 46.3 Å². The molecule has 1 aliphatic heterocycles. The van der Waals surface area contributed by atoms with Crippen molar-refractivity contribution in [1.82, 2.24) is 5.53 Å². The van der Waals surface area contributed by atoms with E-state index in [4.69, 9.17) is 21.1 Å². The molecule has 3 aromatic carbocycles. The van der Waals surface area contributed by atoms with Gasteiger partial charge < -0.3 is 20.5 Å². The maximum Gasteiger partial charge on any atom is 0.235 e. The Morgan fingerprint density at radius 2 is 1.85 bits per heavy atom. The number of carbonyl (C=O) groups excluding carboxylic acids is 1. The van der Waals surface area contributed by atoms with Crippen LogP contribution in [0.4, 0.5) is 5.69 Å². The zero-order valence-corrected chi connectivity index (χ0v) is 18.2. The molecular formula is C25H25N5O3. The zero-order valence-electron chi connectivity index (χ0n) is 18.2. The molecule has 3 aromatic rings. The second-order valence-electron chi connectivity index (χ2n) is 8.34. The molecule has 6 N–H and O–H groups in total. The monoisotopic (exact) mass is 443 g/mol. The predicted molar refractivity (Wildman–Crippen MR) is 127 cm³/mol. The summed E-state index contributed by atoms with van der Waals surface area (Å²) >= 11 is 0. The summed E-state index contributed by atoms with van der Waals surface area (Å²) < 4.78 is 10.9. The first-order chi connectivity index (χ1) is 16.0. The maximum absolute atomic E-state index is 13.3. The van der Waals surface area contributed by atoms with Gasteiger partial charge in [-0.25, -0.2) is 11.4 Å². The number of amides is 1. The van der Waals surface area contributed by atoms with Crippen molar-refractivity contribution < 1.29 is 14.3 Å². The van der Waals surface area contributed by atoms with Gasteiger partial charge in [0.05, 0.1) is 5.41 Å². The zero-order chi connectivity index (χ0) is 23.0. The smallest absolute Gasteiger partial charge is 0.235 e. The number of nitrogens with one attached hydrogen (secondary N) is 2. The van der Waals surface area contributed by atoms with Gasteiger partial charge in [-0.3, -0.25) is 4.79 Å². The van der Waals surface area contributed by atoms with Crippen LogP contribution in [0.15, 0.2) is 65.8 Å². The number of fused-ring (bicyclic) bond motifs is 1. The average Bonchev–Trinajstić information content (AvgIpc) is 3.51. The summed E-state index contributed by atoms with van der Waals surface area (Å²) in [6.07, 6.45) is 1.60. The first-order valence-electron chi connectivity index (χ1n) is 10.7. The van der Waals surface area contributed by atoms with Crippen molar-refractivity contribution in [2.24, 2.45) is 16.7 Å². The molecule has 5 rings (SSSR count). The summed E-state index contributed by atoms with van der Waals surface area (Å²) in [5.74, 6) is 6.93. The number of benzene rings is 3. The summed E-state index contributed by atoms with van der Waals surface area (Å²) in [5.41, 5.74) is 13.1. The molecule has 1 heterocycles. The van der Waals surface area contributed by atoms with Gasteiger partial charge in [-0.05, 0) is 72.4 Å². The van der Waals surface area contributed by atoms with E-state index in [-0.39, 0.29) is 12.7 Å². The summed E-state index contributed by atoms with van der Waals surface area (Å²) in [7, 11) is 0. The van der Waals surface area contributed by atoms with Crippen LogP contribution in [0.5, 0.6) is 11.5 Å². The number of hydrazone groups is 1. The highest BCUT2D eigenvalue weighted by molar-refractivity contribution is 6.02. The minimum Gasteiger partial charge on any atom is -0.454 e. The Bertz CT molecular complexity index is 1270. The lowest BCUT2D eigenvalue weighted by Crippen LogP contribution is -2.27. The molecule has 0 saturated heterocycles. The molecule has 1 amide bonds. The number of amidine groups is 1. The van der Waals surface area contributed by atoms with Crippen molar-refractivity contribution in [3.8, 4) is 22.6 Å². The van der Waals surface area contributed by atoms with Crippen molar-refractivity contribution in [2.45, 2.75) is 25.2 Å². The Balaban J connectivity index is 1.41. The normalized spacial score (nSPS) is 15.8. The Morgan fingerprint density at radius 3 is 2.64 bits per heavy atom. The van der Waals surface area contributed by atoms with E-state index in [2.05, 4.69) is 16.0 Å². The van der Waals surface area contributed by atoms with Crippen LogP contribution in [0, 0.1) is 6.92 Å². The molecule has 1 fully saturated rings. The third-order valence-electron chi connectivity index (χ3n) is 6.26. The highest BCUT2D eigenvalue weighted by Gasteiger charge is 2.51. The summed E-state index contributed by atoms with van der Waals surface area (Å²) in [5, 5.41) is 6.96.